The minimum Gasteiger partial charge on any atom is -0.497 e. The molecule has 0 fully saturated rings. The Labute approximate surface area is 167 Å². The fourth-order valence-corrected chi connectivity index (χ4v) is 2.59. The lowest BCUT2D eigenvalue weighted by molar-refractivity contribution is -0.123. The second kappa shape index (κ2) is 8.92. The van der Waals surface area contributed by atoms with E-state index in [2.05, 4.69) is 15.3 Å². The number of anilines is 1. The summed E-state index contributed by atoms with van der Waals surface area (Å²) in [5.74, 6) is 0.691. The van der Waals surface area contributed by atoms with E-state index in [1.54, 1.807) is 54.9 Å². The van der Waals surface area contributed by atoms with E-state index in [0.29, 0.717) is 28.6 Å². The van der Waals surface area contributed by atoms with Crippen LogP contribution in [0.4, 0.5) is 5.69 Å². The van der Waals surface area contributed by atoms with Crippen LogP contribution in [0.1, 0.15) is 17.3 Å². The normalized spacial score (nSPS) is 11.4. The number of carbonyl (C=O) groups is 2. The van der Waals surface area contributed by atoms with Crippen molar-refractivity contribution in [1.29, 1.82) is 0 Å². The molecule has 8 nitrogen and oxygen atoms in total. The fourth-order valence-electron chi connectivity index (χ4n) is 2.59. The van der Waals surface area contributed by atoms with Gasteiger partial charge in [-0.2, -0.15) is 0 Å². The Hall–Kier alpha value is -3.81. The number of amides is 1. The van der Waals surface area contributed by atoms with Gasteiger partial charge in [0, 0.05) is 41.8 Å². The third-order valence-electron chi connectivity index (χ3n) is 4.16. The number of aromatic amines is 1. The molecule has 0 aliphatic carbocycles. The Balaban J connectivity index is 1.62. The molecule has 3 rings (SSSR count). The van der Waals surface area contributed by atoms with Gasteiger partial charge >= 0.3 is 5.97 Å². The van der Waals surface area contributed by atoms with Gasteiger partial charge in [0.2, 0.25) is 0 Å². The van der Waals surface area contributed by atoms with Crippen LogP contribution in [0, 0.1) is 0 Å². The van der Waals surface area contributed by atoms with E-state index >= 15 is 0 Å². The van der Waals surface area contributed by atoms with Gasteiger partial charge in [0.25, 0.3) is 5.91 Å². The van der Waals surface area contributed by atoms with Gasteiger partial charge in [0.15, 0.2) is 6.10 Å². The van der Waals surface area contributed by atoms with Gasteiger partial charge in [-0.05, 0) is 19.1 Å². The number of H-pyrrole nitrogens is 1. The first-order valence-electron chi connectivity index (χ1n) is 8.85. The number of hydrogen-bond acceptors (Lipinski definition) is 6. The van der Waals surface area contributed by atoms with Gasteiger partial charge in [-0.3, -0.25) is 4.79 Å². The number of imidazole rings is 1. The summed E-state index contributed by atoms with van der Waals surface area (Å²) >= 11 is 0. The summed E-state index contributed by atoms with van der Waals surface area (Å²) in [6, 6.07) is 11.7. The highest BCUT2D eigenvalue weighted by Gasteiger charge is 2.20. The Bertz CT molecular complexity index is 962. The molecule has 1 heterocycles. The second-order valence-corrected chi connectivity index (χ2v) is 6.15. The standard InChI is InChI=1S/C21H21N3O5/c1-13(20(25)24-16-10-17(27-2)12-18(11-16)28-3)29-21(26)15-6-4-14(5-7-15)19-22-8-9-23-19/h4-13H,1-3H3,(H,22,23)(H,24,25). The van der Waals surface area contributed by atoms with E-state index in [1.165, 1.54) is 21.1 Å². The van der Waals surface area contributed by atoms with E-state index in [1.807, 2.05) is 0 Å². The van der Waals surface area contributed by atoms with Crippen LogP contribution in [-0.2, 0) is 9.53 Å². The number of methoxy groups -OCH3 is 2. The minimum absolute atomic E-state index is 0.336. The highest BCUT2D eigenvalue weighted by molar-refractivity contribution is 5.97. The van der Waals surface area contributed by atoms with Crippen molar-refractivity contribution in [2.45, 2.75) is 13.0 Å². The van der Waals surface area contributed by atoms with Crippen molar-refractivity contribution in [3.63, 3.8) is 0 Å². The summed E-state index contributed by atoms with van der Waals surface area (Å²) in [4.78, 5) is 31.9. The molecule has 0 saturated carbocycles. The van der Waals surface area contributed by atoms with Crippen LogP contribution in [0.5, 0.6) is 11.5 Å². The summed E-state index contributed by atoms with van der Waals surface area (Å²) in [6.07, 6.45) is 2.37. The van der Waals surface area contributed by atoms with Crippen LogP contribution in [0.15, 0.2) is 54.9 Å². The Morgan fingerprint density at radius 2 is 1.69 bits per heavy atom. The SMILES string of the molecule is COc1cc(NC(=O)C(C)OC(=O)c2ccc(-c3ncc[nH]3)cc2)cc(OC)c1. The monoisotopic (exact) mass is 395 g/mol. The van der Waals surface area contributed by atoms with Gasteiger partial charge in [0.05, 0.1) is 19.8 Å². The maximum atomic E-state index is 12.4. The van der Waals surface area contributed by atoms with Gasteiger partial charge in [-0.25, -0.2) is 9.78 Å². The first-order valence-corrected chi connectivity index (χ1v) is 8.85. The second-order valence-electron chi connectivity index (χ2n) is 6.15. The van der Waals surface area contributed by atoms with Gasteiger partial charge in [0.1, 0.15) is 17.3 Å². The number of esters is 1. The topological polar surface area (TPSA) is 103 Å². The zero-order valence-electron chi connectivity index (χ0n) is 16.3. The zero-order chi connectivity index (χ0) is 20.8. The summed E-state index contributed by atoms with van der Waals surface area (Å²) < 4.78 is 15.6. The van der Waals surface area contributed by atoms with Crippen molar-refractivity contribution in [2.75, 3.05) is 19.5 Å². The fraction of sp³-hybridized carbons (Fsp3) is 0.190. The number of nitrogens with one attached hydrogen (secondary N) is 2. The number of rotatable bonds is 7. The molecule has 1 aromatic heterocycles. The molecule has 2 aromatic carbocycles. The molecule has 2 N–H and O–H groups in total. The highest BCUT2D eigenvalue weighted by atomic mass is 16.5. The van der Waals surface area contributed by atoms with Crippen LogP contribution in [0.2, 0.25) is 0 Å². The molecule has 0 radical (unpaired) electrons. The lowest BCUT2D eigenvalue weighted by Gasteiger charge is -2.15. The third-order valence-corrected chi connectivity index (χ3v) is 4.16. The molecule has 3 aromatic rings. The van der Waals surface area contributed by atoms with E-state index < -0.39 is 18.0 Å². The average molecular weight is 395 g/mol. The van der Waals surface area contributed by atoms with Crippen molar-refractivity contribution in [1.82, 2.24) is 9.97 Å². The summed E-state index contributed by atoms with van der Waals surface area (Å²) in [5, 5.41) is 2.69. The molecule has 8 heteroatoms. The van der Waals surface area contributed by atoms with Crippen LogP contribution < -0.4 is 14.8 Å². The molecule has 29 heavy (non-hydrogen) atoms. The van der Waals surface area contributed by atoms with E-state index in [9.17, 15) is 9.59 Å². The predicted octanol–water partition coefficient (Wildman–Crippen LogP) is 3.28. The molecule has 1 unspecified atom stereocenters. The van der Waals surface area contributed by atoms with Crippen molar-refractivity contribution in [3.8, 4) is 22.9 Å². The first-order chi connectivity index (χ1) is 14.0. The summed E-state index contributed by atoms with van der Waals surface area (Å²) in [5.41, 5.74) is 1.64. The molecule has 0 bridgehead atoms. The van der Waals surface area contributed by atoms with Crippen LogP contribution in [0.3, 0.4) is 0 Å². The van der Waals surface area contributed by atoms with Crippen molar-refractivity contribution in [2.24, 2.45) is 0 Å². The Morgan fingerprint density at radius 3 is 2.24 bits per heavy atom. The molecule has 0 spiro atoms. The van der Waals surface area contributed by atoms with Gasteiger partial charge in [-0.1, -0.05) is 12.1 Å². The van der Waals surface area contributed by atoms with Gasteiger partial charge in [-0.15, -0.1) is 0 Å². The average Bonchev–Trinajstić information content (AvgIpc) is 3.28. The van der Waals surface area contributed by atoms with E-state index in [4.69, 9.17) is 14.2 Å². The van der Waals surface area contributed by atoms with Crippen molar-refractivity contribution >= 4 is 17.6 Å². The molecule has 0 saturated heterocycles. The van der Waals surface area contributed by atoms with Crippen LogP contribution in [-0.4, -0.2) is 42.2 Å². The number of ether oxygens (including phenoxy) is 3. The molecule has 1 amide bonds. The summed E-state index contributed by atoms with van der Waals surface area (Å²) in [6.45, 7) is 1.50. The first kappa shape index (κ1) is 19.9. The number of aromatic nitrogens is 2. The highest BCUT2D eigenvalue weighted by Crippen LogP contribution is 2.26. The van der Waals surface area contributed by atoms with Crippen molar-refractivity contribution in [3.05, 3.63) is 60.4 Å². The van der Waals surface area contributed by atoms with Crippen LogP contribution in [0.25, 0.3) is 11.4 Å². The number of carbonyl (C=O) groups excluding carboxylic acids is 2. The maximum absolute atomic E-state index is 12.4. The van der Waals surface area contributed by atoms with Crippen LogP contribution >= 0.6 is 0 Å². The molecule has 1 atom stereocenters. The summed E-state index contributed by atoms with van der Waals surface area (Å²) in [7, 11) is 3.03. The Morgan fingerprint density at radius 1 is 1.03 bits per heavy atom. The minimum atomic E-state index is -0.996. The molecular formula is C21H21N3O5. The largest absolute Gasteiger partial charge is 0.497 e. The molecule has 0 aliphatic heterocycles. The smallest absolute Gasteiger partial charge is 0.338 e. The molecule has 150 valence electrons. The lowest BCUT2D eigenvalue weighted by Crippen LogP contribution is -2.30. The number of nitrogens with zero attached hydrogens (tertiary/aromatic N) is 1. The molecule has 0 aliphatic rings. The predicted molar refractivity (Wildman–Crippen MR) is 107 cm³/mol. The third kappa shape index (κ3) is 4.92. The zero-order valence-corrected chi connectivity index (χ0v) is 16.3. The van der Waals surface area contributed by atoms with Crippen molar-refractivity contribution < 1.29 is 23.8 Å². The lowest BCUT2D eigenvalue weighted by atomic mass is 10.1. The van der Waals surface area contributed by atoms with E-state index in [-0.39, 0.29) is 0 Å². The van der Waals surface area contributed by atoms with Gasteiger partial charge < -0.3 is 24.5 Å². The Kier molecular flexibility index (Phi) is 6.13. The molecular weight excluding hydrogens is 374 g/mol. The van der Waals surface area contributed by atoms with E-state index in [0.717, 1.165) is 5.56 Å². The quantitative estimate of drug-likeness (QED) is 0.595. The maximum Gasteiger partial charge on any atom is 0.338 e. The number of benzene rings is 2. The number of hydrogen-bond donors (Lipinski definition) is 2.